The van der Waals surface area contributed by atoms with Crippen LogP contribution in [0.3, 0.4) is 0 Å². The monoisotopic (exact) mass is 403 g/mol. The van der Waals surface area contributed by atoms with Crippen LogP contribution in [0, 0.1) is 0 Å². The van der Waals surface area contributed by atoms with Crippen LogP contribution in [0.25, 0.3) is 0 Å². The molecule has 0 aliphatic heterocycles. The summed E-state index contributed by atoms with van der Waals surface area (Å²) >= 11 is 5.80. The van der Waals surface area contributed by atoms with E-state index in [2.05, 4.69) is 4.72 Å². The maximum Gasteiger partial charge on any atom is 0.314 e. The highest BCUT2D eigenvalue weighted by Crippen LogP contribution is 2.28. The van der Waals surface area contributed by atoms with Crippen LogP contribution in [-0.4, -0.2) is 41.1 Å². The molecule has 0 saturated carbocycles. The van der Waals surface area contributed by atoms with E-state index in [0.29, 0.717) is 18.1 Å². The third-order valence-electron chi connectivity index (χ3n) is 4.05. The van der Waals surface area contributed by atoms with Gasteiger partial charge in [0.25, 0.3) is 0 Å². The minimum absolute atomic E-state index is 0.320. The van der Waals surface area contributed by atoms with Crippen LogP contribution in [0.4, 0.5) is 0 Å². The molecule has 1 rings (SSSR count). The van der Waals surface area contributed by atoms with Crippen molar-refractivity contribution in [3.8, 4) is 5.75 Å². The molecule has 1 aromatic carbocycles. The third-order valence-corrected chi connectivity index (χ3v) is 5.94. The molecule has 1 aromatic rings. The number of nitrogens with one attached hydrogen (secondary N) is 1. The maximum absolute atomic E-state index is 12.7. The maximum atomic E-state index is 12.7. The molecule has 0 saturated heterocycles. The van der Waals surface area contributed by atoms with Gasteiger partial charge in [-0.2, -0.15) is 0 Å². The average molecular weight is 404 g/mol. The number of rotatable bonds is 10. The Kier molecular flexibility index (Phi) is 9.61. The van der Waals surface area contributed by atoms with Crippen molar-refractivity contribution in [2.45, 2.75) is 56.7 Å². The molecule has 0 aliphatic rings. The van der Waals surface area contributed by atoms with Crippen LogP contribution >= 0.6 is 11.6 Å². The van der Waals surface area contributed by atoms with Crippen molar-refractivity contribution >= 4 is 28.6 Å². The number of ether oxygens (including phenoxy) is 2. The Labute approximate surface area is 164 Å². The second kappa shape index (κ2) is 10.9. The van der Waals surface area contributed by atoms with Crippen molar-refractivity contribution in [1.82, 2.24) is 4.72 Å². The first-order valence-corrected chi connectivity index (χ1v) is 10.4. The first-order valence-electron chi connectivity index (χ1n) is 8.70. The van der Waals surface area contributed by atoms with Gasteiger partial charge in [0.15, 0.2) is 0 Å². The Morgan fingerprint density at radius 1 is 1.19 bits per heavy atom. The summed E-state index contributed by atoms with van der Waals surface area (Å²) in [4.78, 5) is 12.6. The summed E-state index contributed by atoms with van der Waals surface area (Å²) in [5.74, 6) is 0.347. The molecular formula is C19H30ClNO4S. The number of halogens is 1. The summed E-state index contributed by atoms with van der Waals surface area (Å²) in [6.07, 6.45) is 2.32. The molecule has 7 heteroatoms. The lowest BCUT2D eigenvalue weighted by Crippen LogP contribution is -2.45. The van der Waals surface area contributed by atoms with E-state index < -0.39 is 21.7 Å². The van der Waals surface area contributed by atoms with E-state index in [1.165, 1.54) is 7.11 Å². The van der Waals surface area contributed by atoms with Gasteiger partial charge in [-0.3, -0.25) is 4.79 Å². The molecule has 0 aliphatic carbocycles. The summed E-state index contributed by atoms with van der Waals surface area (Å²) in [5, 5.41) is 0. The fraction of sp³-hybridized carbons (Fsp3) is 0.632. The lowest BCUT2D eigenvalue weighted by molar-refractivity contribution is -0.143. The highest BCUT2D eigenvalue weighted by molar-refractivity contribution is 7.84. The fourth-order valence-electron chi connectivity index (χ4n) is 2.54. The van der Waals surface area contributed by atoms with Crippen molar-refractivity contribution in [2.75, 3.05) is 20.1 Å². The average Bonchev–Trinajstić information content (AvgIpc) is 2.61. The van der Waals surface area contributed by atoms with Gasteiger partial charge in [-0.05, 0) is 51.3 Å². The molecule has 0 aromatic heterocycles. The summed E-state index contributed by atoms with van der Waals surface area (Å²) in [5.41, 5.74) is 0.798. The first-order chi connectivity index (χ1) is 12.2. The van der Waals surface area contributed by atoms with Crippen molar-refractivity contribution in [1.29, 1.82) is 0 Å². The Morgan fingerprint density at radius 3 is 2.27 bits per heavy atom. The van der Waals surface area contributed by atoms with Crippen molar-refractivity contribution in [2.24, 2.45) is 0 Å². The Hall–Kier alpha value is -1.11. The molecule has 26 heavy (non-hydrogen) atoms. The minimum Gasteiger partial charge on any atom is -0.497 e. The van der Waals surface area contributed by atoms with E-state index >= 15 is 0 Å². The van der Waals surface area contributed by atoms with Gasteiger partial charge >= 0.3 is 5.97 Å². The highest BCUT2D eigenvalue weighted by Gasteiger charge is 2.33. The van der Waals surface area contributed by atoms with Gasteiger partial charge in [-0.1, -0.05) is 18.6 Å². The Morgan fingerprint density at radius 2 is 1.81 bits per heavy atom. The van der Waals surface area contributed by atoms with Crippen molar-refractivity contribution in [3.63, 3.8) is 0 Å². The number of esters is 1. The van der Waals surface area contributed by atoms with Crippen molar-refractivity contribution < 1.29 is 18.5 Å². The lowest BCUT2D eigenvalue weighted by Gasteiger charge is -2.29. The molecule has 0 bridgehead atoms. The molecule has 0 fully saturated rings. The third kappa shape index (κ3) is 6.89. The molecule has 0 radical (unpaired) electrons. The normalized spacial score (nSPS) is 15.2. The zero-order valence-corrected chi connectivity index (χ0v) is 17.8. The molecule has 0 amide bonds. The van der Waals surface area contributed by atoms with E-state index in [-0.39, 0.29) is 12.0 Å². The summed E-state index contributed by atoms with van der Waals surface area (Å²) in [6, 6.07) is 6.98. The van der Waals surface area contributed by atoms with Crippen molar-refractivity contribution in [3.05, 3.63) is 29.8 Å². The zero-order chi connectivity index (χ0) is 19.7. The van der Waals surface area contributed by atoms with Gasteiger partial charge in [-0.25, -0.2) is 8.93 Å². The zero-order valence-electron chi connectivity index (χ0n) is 16.2. The molecule has 148 valence electrons. The molecule has 0 heterocycles. The van der Waals surface area contributed by atoms with Gasteiger partial charge < -0.3 is 9.47 Å². The Bertz CT molecular complexity index is 586. The van der Waals surface area contributed by atoms with Crippen LogP contribution in [0.2, 0.25) is 0 Å². The number of benzene rings is 1. The number of carbonyl (C=O) groups excluding carboxylic acids is 1. The van der Waals surface area contributed by atoms with Crippen LogP contribution < -0.4 is 9.46 Å². The standard InChI is InChI=1S/C19H30ClNO4S/c1-19(2,3)26(23)21-16(8-6-7-13-20)17(18(22)25-5)14-9-11-15(24-4)12-10-14/h9-12,16-17,21H,6-8,13H2,1-5H3/t16-,17-,26?/m1/s1. The summed E-state index contributed by atoms with van der Waals surface area (Å²) in [6.45, 7) is 5.69. The fourth-order valence-corrected chi connectivity index (χ4v) is 3.61. The SMILES string of the molecule is COC(=O)[C@H](c1ccc(OC)cc1)[C@@H](CCCCCl)NS(=O)C(C)(C)C. The molecule has 1 N–H and O–H groups in total. The van der Waals surface area contributed by atoms with E-state index in [1.54, 1.807) is 7.11 Å². The first kappa shape index (κ1) is 22.9. The molecule has 5 nitrogen and oxygen atoms in total. The predicted octanol–water partition coefficient (Wildman–Crippen LogP) is 3.78. The van der Waals surface area contributed by atoms with E-state index in [4.69, 9.17) is 21.1 Å². The van der Waals surface area contributed by atoms with Crippen LogP contribution in [0.5, 0.6) is 5.75 Å². The number of hydrogen-bond acceptors (Lipinski definition) is 4. The lowest BCUT2D eigenvalue weighted by atomic mass is 9.89. The quantitative estimate of drug-likeness (QED) is 0.367. The smallest absolute Gasteiger partial charge is 0.314 e. The van der Waals surface area contributed by atoms with E-state index in [1.807, 2.05) is 45.0 Å². The van der Waals surface area contributed by atoms with E-state index in [0.717, 1.165) is 18.4 Å². The van der Waals surface area contributed by atoms with Gasteiger partial charge in [0, 0.05) is 11.9 Å². The molecule has 0 spiro atoms. The van der Waals surface area contributed by atoms with Gasteiger partial charge in [-0.15, -0.1) is 11.6 Å². The summed E-state index contributed by atoms with van der Waals surface area (Å²) in [7, 11) is 1.66. The minimum atomic E-state index is -1.31. The molecular weight excluding hydrogens is 374 g/mol. The van der Waals surface area contributed by atoms with Crippen LogP contribution in [-0.2, 0) is 20.5 Å². The Balaban J connectivity index is 3.17. The molecule has 3 atom stereocenters. The van der Waals surface area contributed by atoms with Gasteiger partial charge in [0.05, 0.1) is 35.9 Å². The van der Waals surface area contributed by atoms with Gasteiger partial charge in [0.2, 0.25) is 0 Å². The number of methoxy groups -OCH3 is 2. The topological polar surface area (TPSA) is 64.6 Å². The number of carbonyl (C=O) groups is 1. The second-order valence-corrected chi connectivity index (χ2v) is 9.44. The number of unbranched alkanes of at least 4 members (excludes halogenated alkanes) is 1. The van der Waals surface area contributed by atoms with Gasteiger partial charge in [0.1, 0.15) is 5.75 Å². The summed E-state index contributed by atoms with van der Waals surface area (Å²) < 4.78 is 25.6. The number of alkyl halides is 1. The largest absolute Gasteiger partial charge is 0.497 e. The van der Waals surface area contributed by atoms with Crippen LogP contribution in [0.1, 0.15) is 51.5 Å². The van der Waals surface area contributed by atoms with E-state index in [9.17, 15) is 9.00 Å². The predicted molar refractivity (Wildman–Crippen MR) is 107 cm³/mol. The second-order valence-electron chi connectivity index (χ2n) is 7.06. The highest BCUT2D eigenvalue weighted by atomic mass is 35.5. The van der Waals surface area contributed by atoms with Crippen LogP contribution in [0.15, 0.2) is 24.3 Å². The number of hydrogen-bond donors (Lipinski definition) is 1. The molecule has 1 unspecified atom stereocenters.